The minimum absolute atomic E-state index is 0.658. The van der Waals surface area contributed by atoms with Crippen LogP contribution in [0, 0.1) is 0 Å². The zero-order chi connectivity index (χ0) is 65.7. The van der Waals surface area contributed by atoms with E-state index in [1.165, 1.54) is 103 Å². The van der Waals surface area contributed by atoms with Crippen molar-refractivity contribution in [2.75, 3.05) is 53.9 Å². The van der Waals surface area contributed by atoms with E-state index in [1.807, 2.05) is 182 Å². The highest BCUT2D eigenvalue weighted by molar-refractivity contribution is 5.82. The smallest absolute Gasteiger partial charge is 0.119 e. The molecule has 0 aliphatic rings. The van der Waals surface area contributed by atoms with Gasteiger partial charge in [-0.2, -0.15) is 20.5 Å². The fourth-order valence-electron chi connectivity index (χ4n) is 10.4. The third-order valence-electron chi connectivity index (χ3n) is 16.0. The predicted molar refractivity (Wildman–Crippen MR) is 387 cm³/mol. The SMILES string of the molecule is COc1ccc(N=Nc2ccc(OCCCCCCCCCCCCOc3ccc(C=Nc4ccc(OCCCCCOc5ccc(N=Cc6ccc(OCCCCCCCCCCCCOc7ccc(N=Nc8ccc(OC)cc8)cc7)cc6)cc5)cc4)cc3)cc2)cc1. The normalized spacial score (nSPS) is 11.5. The summed E-state index contributed by atoms with van der Waals surface area (Å²) >= 11 is 0. The van der Waals surface area contributed by atoms with Crippen LogP contribution in [0.3, 0.4) is 0 Å². The molecule has 0 saturated heterocycles. The van der Waals surface area contributed by atoms with Gasteiger partial charge in [-0.1, -0.05) is 103 Å². The van der Waals surface area contributed by atoms with Crippen molar-refractivity contribution in [3.8, 4) is 46.0 Å². The number of hydrogen-bond acceptors (Lipinski definition) is 14. The van der Waals surface area contributed by atoms with Crippen molar-refractivity contribution >= 4 is 46.6 Å². The van der Waals surface area contributed by atoms with Gasteiger partial charge in [-0.05, 0) is 250 Å². The quantitative estimate of drug-likeness (QED) is 0.0208. The lowest BCUT2D eigenvalue weighted by Gasteiger charge is -2.08. The highest BCUT2D eigenvalue weighted by Crippen LogP contribution is 2.27. The summed E-state index contributed by atoms with van der Waals surface area (Å²) in [6, 6.07) is 62.7. The molecule has 8 rings (SSSR count). The summed E-state index contributed by atoms with van der Waals surface area (Å²) < 4.78 is 46.4. The molecule has 0 atom stereocenters. The van der Waals surface area contributed by atoms with Crippen LogP contribution in [0.4, 0.5) is 34.1 Å². The van der Waals surface area contributed by atoms with Crippen molar-refractivity contribution < 1.29 is 37.9 Å². The number of ether oxygens (including phenoxy) is 8. The van der Waals surface area contributed by atoms with E-state index in [0.29, 0.717) is 13.2 Å². The summed E-state index contributed by atoms with van der Waals surface area (Å²) in [5.41, 5.74) is 6.97. The van der Waals surface area contributed by atoms with Crippen LogP contribution in [-0.2, 0) is 0 Å². The third-order valence-corrected chi connectivity index (χ3v) is 16.0. The summed E-state index contributed by atoms with van der Waals surface area (Å²) in [5.74, 6) is 6.82. The Hall–Kier alpha value is -9.30. The van der Waals surface area contributed by atoms with Gasteiger partial charge in [-0.15, -0.1) is 0 Å². The molecule has 95 heavy (non-hydrogen) atoms. The Morgan fingerprint density at radius 2 is 0.368 bits per heavy atom. The molecular formula is C81H98N6O8. The second kappa shape index (κ2) is 44.3. The molecule has 0 aromatic heterocycles. The number of aliphatic imine (C=N–C) groups is 2. The molecule has 0 unspecified atom stereocenters. The minimum Gasteiger partial charge on any atom is -0.497 e. The van der Waals surface area contributed by atoms with Gasteiger partial charge in [-0.25, -0.2) is 0 Å². The van der Waals surface area contributed by atoms with E-state index in [1.54, 1.807) is 14.2 Å². The second-order valence-electron chi connectivity index (χ2n) is 23.6. The van der Waals surface area contributed by atoms with Crippen LogP contribution >= 0.6 is 0 Å². The largest absolute Gasteiger partial charge is 0.497 e. The van der Waals surface area contributed by atoms with E-state index in [2.05, 4.69) is 54.7 Å². The zero-order valence-electron chi connectivity index (χ0n) is 56.1. The average Bonchev–Trinajstić information content (AvgIpc) is 3.83. The van der Waals surface area contributed by atoms with Crippen LogP contribution in [0.2, 0.25) is 0 Å². The molecule has 0 spiro atoms. The maximum Gasteiger partial charge on any atom is 0.119 e. The zero-order valence-corrected chi connectivity index (χ0v) is 56.1. The molecule has 14 heteroatoms. The van der Waals surface area contributed by atoms with E-state index in [9.17, 15) is 0 Å². The highest BCUT2D eigenvalue weighted by Gasteiger charge is 2.05. The van der Waals surface area contributed by atoms with E-state index in [-0.39, 0.29) is 0 Å². The summed E-state index contributed by atoms with van der Waals surface area (Å²) in [5, 5.41) is 17.2. The lowest BCUT2D eigenvalue weighted by Crippen LogP contribution is -2.00. The van der Waals surface area contributed by atoms with E-state index in [0.717, 1.165) is 163 Å². The number of methoxy groups -OCH3 is 2. The summed E-state index contributed by atoms with van der Waals surface area (Å²) in [6.45, 7) is 4.27. The maximum absolute atomic E-state index is 6.03. The van der Waals surface area contributed by atoms with Crippen LogP contribution in [0.5, 0.6) is 46.0 Å². The topological polar surface area (TPSA) is 148 Å². The van der Waals surface area contributed by atoms with Crippen LogP contribution in [0.15, 0.2) is 225 Å². The van der Waals surface area contributed by atoms with Gasteiger partial charge in [0.2, 0.25) is 0 Å². The van der Waals surface area contributed by atoms with Gasteiger partial charge >= 0.3 is 0 Å². The Bertz CT molecular complexity index is 3190. The molecule has 0 N–H and O–H groups in total. The molecule has 0 aliphatic carbocycles. The Balaban J connectivity index is 0.548. The first-order chi connectivity index (χ1) is 47.0. The van der Waals surface area contributed by atoms with Crippen molar-refractivity contribution in [3.05, 3.63) is 205 Å². The van der Waals surface area contributed by atoms with Crippen molar-refractivity contribution in [2.24, 2.45) is 30.4 Å². The molecule has 0 saturated carbocycles. The van der Waals surface area contributed by atoms with Gasteiger partial charge in [-0.3, -0.25) is 9.98 Å². The van der Waals surface area contributed by atoms with Gasteiger partial charge in [0.15, 0.2) is 0 Å². The van der Waals surface area contributed by atoms with Crippen LogP contribution < -0.4 is 37.9 Å². The Morgan fingerprint density at radius 1 is 0.200 bits per heavy atom. The number of rotatable bonds is 48. The van der Waals surface area contributed by atoms with Gasteiger partial charge in [0.1, 0.15) is 46.0 Å². The molecule has 500 valence electrons. The number of azo groups is 2. The summed E-state index contributed by atoms with van der Waals surface area (Å²) in [6.07, 6.45) is 31.2. The minimum atomic E-state index is 0.658. The van der Waals surface area contributed by atoms with Crippen molar-refractivity contribution in [1.29, 1.82) is 0 Å². The van der Waals surface area contributed by atoms with Crippen LogP contribution in [-0.4, -0.2) is 66.3 Å². The molecule has 0 aliphatic heterocycles. The highest BCUT2D eigenvalue weighted by atomic mass is 16.5. The monoisotopic (exact) mass is 1280 g/mol. The van der Waals surface area contributed by atoms with Gasteiger partial charge in [0.25, 0.3) is 0 Å². The van der Waals surface area contributed by atoms with Gasteiger partial charge < -0.3 is 37.9 Å². The first-order valence-electron chi connectivity index (χ1n) is 34.6. The summed E-state index contributed by atoms with van der Waals surface area (Å²) in [7, 11) is 3.30. The van der Waals surface area contributed by atoms with Crippen molar-refractivity contribution in [3.63, 3.8) is 0 Å². The standard InChI is InChI=1S/C81H98N6O8/c1-88-74-46-34-70(35-47-74)84-86-72-38-54-80(55-39-72)92-60-22-17-13-9-5-3-7-11-15-20-58-90-76-42-26-66(27-43-76)64-82-68-30-50-78(51-31-68)94-62-24-19-25-63-95-79-52-32-69(33-53-79)83-65-67-28-44-77(45-29-67)91-59-21-16-12-8-4-6-10-14-18-23-61-93-81-56-40-73(41-57-81)87-85-71-36-48-75(89-2)49-37-71/h26-57,64-65H,3-25,58-63H2,1-2H3. The predicted octanol–water partition coefficient (Wildman–Crippen LogP) is 23.4. The third kappa shape index (κ3) is 30.1. The average molecular weight is 1280 g/mol. The fraction of sp³-hybridized carbons (Fsp3) is 0.383. The van der Waals surface area contributed by atoms with E-state index >= 15 is 0 Å². The molecule has 8 aromatic carbocycles. The Morgan fingerprint density at radius 3 is 0.579 bits per heavy atom. The summed E-state index contributed by atoms with van der Waals surface area (Å²) in [4.78, 5) is 9.34. The van der Waals surface area contributed by atoms with Crippen LogP contribution in [0.25, 0.3) is 0 Å². The molecule has 0 radical (unpaired) electrons. The Labute approximate surface area is 564 Å². The number of unbranched alkanes of at least 4 members (excludes halogenated alkanes) is 20. The number of nitrogens with zero attached hydrogens (tertiary/aromatic N) is 6. The van der Waals surface area contributed by atoms with Gasteiger partial charge in [0.05, 0.1) is 88.0 Å². The van der Waals surface area contributed by atoms with Crippen molar-refractivity contribution in [1.82, 2.24) is 0 Å². The molecule has 0 amide bonds. The molecule has 0 fully saturated rings. The van der Waals surface area contributed by atoms with Gasteiger partial charge in [0, 0.05) is 12.4 Å². The lowest BCUT2D eigenvalue weighted by molar-refractivity contribution is 0.279. The first-order valence-corrected chi connectivity index (χ1v) is 34.6. The second-order valence-corrected chi connectivity index (χ2v) is 23.6. The Kier molecular flexibility index (Phi) is 33.4. The fourth-order valence-corrected chi connectivity index (χ4v) is 10.4. The lowest BCUT2D eigenvalue weighted by atomic mass is 10.1. The molecular weight excluding hydrogens is 1180 g/mol. The molecule has 14 nitrogen and oxygen atoms in total. The molecule has 0 bridgehead atoms. The van der Waals surface area contributed by atoms with Crippen molar-refractivity contribution in [2.45, 2.75) is 148 Å². The number of benzene rings is 8. The van der Waals surface area contributed by atoms with E-state index < -0.39 is 0 Å². The molecule has 8 aromatic rings. The van der Waals surface area contributed by atoms with Crippen LogP contribution in [0.1, 0.15) is 159 Å². The maximum atomic E-state index is 6.03. The molecule has 0 heterocycles. The number of hydrogen-bond donors (Lipinski definition) is 0. The van der Waals surface area contributed by atoms with E-state index in [4.69, 9.17) is 37.9 Å². The first kappa shape index (κ1) is 71.5.